The van der Waals surface area contributed by atoms with Crippen molar-refractivity contribution < 1.29 is 14.3 Å². The predicted octanol–water partition coefficient (Wildman–Crippen LogP) is 1.55. The molecule has 6 heteroatoms. The summed E-state index contributed by atoms with van der Waals surface area (Å²) >= 11 is 0. The summed E-state index contributed by atoms with van der Waals surface area (Å²) in [4.78, 5) is 20.8. The van der Waals surface area contributed by atoms with Crippen LogP contribution in [0, 0.1) is 12.8 Å². The third kappa shape index (κ3) is 4.24. The molecule has 6 nitrogen and oxygen atoms in total. The average molecular weight is 305 g/mol. The topological polar surface area (TPSA) is 73.3 Å². The zero-order valence-corrected chi connectivity index (χ0v) is 13.0. The SMILES string of the molecule is Cc1ccnc([C@H](NC(=O)COC[C@H]2CCCO2)C2CC2)n1. The molecule has 1 aromatic heterocycles. The van der Waals surface area contributed by atoms with Crippen molar-refractivity contribution in [2.45, 2.75) is 44.8 Å². The lowest BCUT2D eigenvalue weighted by Crippen LogP contribution is -2.34. The first-order valence-electron chi connectivity index (χ1n) is 8.00. The van der Waals surface area contributed by atoms with Gasteiger partial charge in [0.05, 0.1) is 18.8 Å². The van der Waals surface area contributed by atoms with Gasteiger partial charge >= 0.3 is 0 Å². The third-order valence-corrected chi connectivity index (χ3v) is 4.06. The minimum atomic E-state index is -0.111. The summed E-state index contributed by atoms with van der Waals surface area (Å²) in [7, 11) is 0. The fourth-order valence-corrected chi connectivity index (χ4v) is 2.71. The van der Waals surface area contributed by atoms with Gasteiger partial charge in [-0.2, -0.15) is 0 Å². The van der Waals surface area contributed by atoms with Gasteiger partial charge in [0.2, 0.25) is 5.91 Å². The Morgan fingerprint density at radius 1 is 1.50 bits per heavy atom. The second-order valence-electron chi connectivity index (χ2n) is 6.09. The molecule has 0 spiro atoms. The van der Waals surface area contributed by atoms with Crippen molar-refractivity contribution in [2.75, 3.05) is 19.8 Å². The van der Waals surface area contributed by atoms with Crippen LogP contribution < -0.4 is 5.32 Å². The first-order valence-corrected chi connectivity index (χ1v) is 8.00. The quantitative estimate of drug-likeness (QED) is 0.827. The largest absolute Gasteiger partial charge is 0.376 e. The summed E-state index contributed by atoms with van der Waals surface area (Å²) in [6.07, 6.45) is 6.20. The fourth-order valence-electron chi connectivity index (χ4n) is 2.71. The van der Waals surface area contributed by atoms with E-state index in [-0.39, 0.29) is 24.7 Å². The minimum absolute atomic E-state index is 0.0644. The second kappa shape index (κ2) is 7.15. The highest BCUT2D eigenvalue weighted by Gasteiger charge is 2.35. The van der Waals surface area contributed by atoms with Gasteiger partial charge < -0.3 is 14.8 Å². The van der Waals surface area contributed by atoms with Gasteiger partial charge in [-0.15, -0.1) is 0 Å². The van der Waals surface area contributed by atoms with E-state index in [1.54, 1.807) is 6.20 Å². The Labute approximate surface area is 130 Å². The number of aryl methyl sites for hydroxylation is 1. The number of rotatable bonds is 7. The maximum absolute atomic E-state index is 12.1. The van der Waals surface area contributed by atoms with Crippen molar-refractivity contribution in [3.63, 3.8) is 0 Å². The summed E-state index contributed by atoms with van der Waals surface area (Å²) in [5.74, 6) is 1.04. The van der Waals surface area contributed by atoms with Gasteiger partial charge in [0.15, 0.2) is 5.82 Å². The molecule has 2 aliphatic rings. The van der Waals surface area contributed by atoms with Gasteiger partial charge in [-0.05, 0) is 44.6 Å². The Morgan fingerprint density at radius 2 is 2.36 bits per heavy atom. The zero-order chi connectivity index (χ0) is 15.4. The first-order chi connectivity index (χ1) is 10.7. The molecule has 0 bridgehead atoms. The number of hydrogen-bond donors (Lipinski definition) is 1. The third-order valence-electron chi connectivity index (χ3n) is 4.06. The molecule has 1 aliphatic heterocycles. The highest BCUT2D eigenvalue weighted by molar-refractivity contribution is 5.77. The van der Waals surface area contributed by atoms with Crippen molar-refractivity contribution in [3.8, 4) is 0 Å². The van der Waals surface area contributed by atoms with Crippen LogP contribution in [0.5, 0.6) is 0 Å². The molecule has 3 rings (SSSR count). The molecule has 2 fully saturated rings. The smallest absolute Gasteiger partial charge is 0.246 e. The Morgan fingerprint density at radius 3 is 3.05 bits per heavy atom. The van der Waals surface area contributed by atoms with Crippen LogP contribution >= 0.6 is 0 Å². The van der Waals surface area contributed by atoms with Gasteiger partial charge in [-0.1, -0.05) is 0 Å². The lowest BCUT2D eigenvalue weighted by molar-refractivity contribution is -0.127. The molecule has 120 valence electrons. The molecule has 0 aromatic carbocycles. The van der Waals surface area contributed by atoms with Gasteiger partial charge in [-0.25, -0.2) is 9.97 Å². The van der Waals surface area contributed by atoms with Crippen LogP contribution in [0.15, 0.2) is 12.3 Å². The molecule has 1 N–H and O–H groups in total. The standard InChI is InChI=1S/C16H23N3O3/c1-11-6-7-17-16(18-11)15(12-4-5-12)19-14(20)10-21-9-13-3-2-8-22-13/h6-7,12-13,15H,2-5,8-10H2,1H3,(H,19,20)/t13-,15-/m1/s1. The predicted molar refractivity (Wildman–Crippen MR) is 80.2 cm³/mol. The van der Waals surface area contributed by atoms with E-state index in [2.05, 4.69) is 15.3 Å². The molecule has 1 saturated carbocycles. The highest BCUT2D eigenvalue weighted by Crippen LogP contribution is 2.39. The summed E-state index contributed by atoms with van der Waals surface area (Å²) in [6, 6.07) is 1.76. The molecule has 1 amide bonds. The molecular formula is C16H23N3O3. The average Bonchev–Trinajstić information content (AvgIpc) is 3.21. The summed E-state index contributed by atoms with van der Waals surface area (Å²) in [5, 5.41) is 3.02. The number of nitrogens with zero attached hydrogens (tertiary/aromatic N) is 2. The summed E-state index contributed by atoms with van der Waals surface area (Å²) in [6.45, 7) is 3.29. The summed E-state index contributed by atoms with van der Waals surface area (Å²) < 4.78 is 10.9. The Kier molecular flexibility index (Phi) is 5.00. The lowest BCUT2D eigenvalue weighted by atomic mass is 10.1. The monoisotopic (exact) mass is 305 g/mol. The number of hydrogen-bond acceptors (Lipinski definition) is 5. The number of ether oxygens (including phenoxy) is 2. The van der Waals surface area contributed by atoms with E-state index >= 15 is 0 Å². The molecule has 2 heterocycles. The molecule has 1 aromatic rings. The number of nitrogens with one attached hydrogen (secondary N) is 1. The number of carbonyl (C=O) groups excluding carboxylic acids is 1. The number of carbonyl (C=O) groups is 1. The van der Waals surface area contributed by atoms with Crippen molar-refractivity contribution in [1.29, 1.82) is 0 Å². The van der Waals surface area contributed by atoms with E-state index < -0.39 is 0 Å². The Hall–Kier alpha value is -1.53. The first kappa shape index (κ1) is 15.4. The van der Waals surface area contributed by atoms with Crippen molar-refractivity contribution in [2.24, 2.45) is 5.92 Å². The molecule has 1 aliphatic carbocycles. The molecular weight excluding hydrogens is 282 g/mol. The number of amides is 1. The van der Waals surface area contributed by atoms with Gasteiger partial charge in [0, 0.05) is 18.5 Å². The van der Waals surface area contributed by atoms with Crippen LogP contribution in [0.25, 0.3) is 0 Å². The van der Waals surface area contributed by atoms with Crippen LogP contribution in [0.3, 0.4) is 0 Å². The summed E-state index contributed by atoms with van der Waals surface area (Å²) in [5.41, 5.74) is 0.916. The maximum Gasteiger partial charge on any atom is 0.246 e. The number of aromatic nitrogens is 2. The molecule has 22 heavy (non-hydrogen) atoms. The van der Waals surface area contributed by atoms with Crippen LogP contribution in [-0.2, 0) is 14.3 Å². The van der Waals surface area contributed by atoms with Crippen LogP contribution in [-0.4, -0.2) is 41.8 Å². The van der Waals surface area contributed by atoms with Gasteiger partial charge in [0.1, 0.15) is 6.61 Å². The van der Waals surface area contributed by atoms with Crippen LogP contribution in [0.4, 0.5) is 0 Å². The van der Waals surface area contributed by atoms with Gasteiger partial charge in [0.25, 0.3) is 0 Å². The lowest BCUT2D eigenvalue weighted by Gasteiger charge is -2.17. The van der Waals surface area contributed by atoms with Crippen LogP contribution in [0.1, 0.15) is 43.2 Å². The van der Waals surface area contributed by atoms with Crippen molar-refractivity contribution in [3.05, 3.63) is 23.8 Å². The van der Waals surface area contributed by atoms with E-state index in [0.717, 1.165) is 38.0 Å². The van der Waals surface area contributed by atoms with E-state index in [1.807, 2.05) is 13.0 Å². The molecule has 0 unspecified atom stereocenters. The molecule has 1 saturated heterocycles. The fraction of sp³-hybridized carbons (Fsp3) is 0.688. The van der Waals surface area contributed by atoms with E-state index in [4.69, 9.17) is 9.47 Å². The minimum Gasteiger partial charge on any atom is -0.376 e. The molecule has 0 radical (unpaired) electrons. The Balaban J connectivity index is 1.49. The van der Waals surface area contributed by atoms with E-state index in [1.165, 1.54) is 0 Å². The van der Waals surface area contributed by atoms with E-state index in [0.29, 0.717) is 18.3 Å². The highest BCUT2D eigenvalue weighted by atomic mass is 16.5. The van der Waals surface area contributed by atoms with Crippen molar-refractivity contribution >= 4 is 5.91 Å². The Bertz CT molecular complexity index is 513. The normalized spacial score (nSPS) is 22.5. The second-order valence-corrected chi connectivity index (χ2v) is 6.09. The zero-order valence-electron chi connectivity index (χ0n) is 13.0. The van der Waals surface area contributed by atoms with Crippen molar-refractivity contribution in [1.82, 2.24) is 15.3 Å². The maximum atomic E-state index is 12.1. The molecule has 2 atom stereocenters. The van der Waals surface area contributed by atoms with Gasteiger partial charge in [-0.3, -0.25) is 4.79 Å². The van der Waals surface area contributed by atoms with Crippen LogP contribution in [0.2, 0.25) is 0 Å². The van der Waals surface area contributed by atoms with E-state index in [9.17, 15) is 4.79 Å².